The first-order chi connectivity index (χ1) is 4.72. The van der Waals surface area contributed by atoms with Crippen LogP contribution in [0.2, 0.25) is 0 Å². The van der Waals surface area contributed by atoms with Gasteiger partial charge in [-0.15, -0.1) is 0 Å². The molecule has 0 aromatic rings. The predicted molar refractivity (Wildman–Crippen MR) is 37.5 cm³/mol. The molecule has 0 bridgehead atoms. The zero-order chi connectivity index (χ0) is 7.98. The largest absolute Gasteiger partial charge is 0.467 e. The highest BCUT2D eigenvalue weighted by molar-refractivity contribution is 5.76. The topological polar surface area (TPSA) is 46.5 Å². The summed E-state index contributed by atoms with van der Waals surface area (Å²) < 4.78 is 4.27. The third-order valence-electron chi connectivity index (χ3n) is 0.997. The Morgan fingerprint density at radius 1 is 1.80 bits per heavy atom. The van der Waals surface area contributed by atoms with E-state index in [0.29, 0.717) is 0 Å². The molecule has 1 atom stereocenters. The van der Waals surface area contributed by atoms with E-state index < -0.39 is 12.1 Å². The number of ether oxygens (including phenoxy) is 1. The Morgan fingerprint density at radius 2 is 2.40 bits per heavy atom. The molecule has 58 valence electrons. The Bertz CT molecular complexity index is 129. The van der Waals surface area contributed by atoms with Crippen LogP contribution in [0.1, 0.15) is 13.3 Å². The molecule has 0 aliphatic rings. The Hall–Kier alpha value is -0.830. The maximum Gasteiger partial charge on any atom is 0.338 e. The van der Waals surface area contributed by atoms with Crippen LogP contribution in [-0.4, -0.2) is 24.3 Å². The van der Waals surface area contributed by atoms with Gasteiger partial charge in [0, 0.05) is 0 Å². The van der Waals surface area contributed by atoms with E-state index in [2.05, 4.69) is 4.74 Å². The lowest BCUT2D eigenvalue weighted by Crippen LogP contribution is -2.18. The van der Waals surface area contributed by atoms with Gasteiger partial charge in [-0.25, -0.2) is 4.79 Å². The average molecular weight is 144 g/mol. The highest BCUT2D eigenvalue weighted by Crippen LogP contribution is 1.90. The van der Waals surface area contributed by atoms with Crippen molar-refractivity contribution in [3.05, 3.63) is 12.2 Å². The number of carbonyl (C=O) groups excluding carboxylic acids is 1. The summed E-state index contributed by atoms with van der Waals surface area (Å²) in [7, 11) is 1.24. The number of methoxy groups -OCH3 is 1. The number of hydrogen-bond donors (Lipinski definition) is 1. The van der Waals surface area contributed by atoms with Crippen molar-refractivity contribution < 1.29 is 14.6 Å². The summed E-state index contributed by atoms with van der Waals surface area (Å²) in [5.41, 5.74) is 0. The van der Waals surface area contributed by atoms with Crippen molar-refractivity contribution in [2.24, 2.45) is 0 Å². The number of hydrogen-bond acceptors (Lipinski definition) is 3. The molecular weight excluding hydrogens is 132 g/mol. The normalized spacial score (nSPS) is 13.5. The quantitative estimate of drug-likeness (QED) is 0.463. The first-order valence-corrected chi connectivity index (χ1v) is 3.15. The van der Waals surface area contributed by atoms with Crippen LogP contribution in [0, 0.1) is 0 Å². The lowest BCUT2D eigenvalue weighted by atomic mass is 10.3. The van der Waals surface area contributed by atoms with E-state index in [0.717, 1.165) is 6.42 Å². The van der Waals surface area contributed by atoms with Gasteiger partial charge < -0.3 is 9.84 Å². The lowest BCUT2D eigenvalue weighted by Gasteiger charge is -2.00. The molecule has 0 aliphatic heterocycles. The van der Waals surface area contributed by atoms with Gasteiger partial charge in [0.2, 0.25) is 0 Å². The van der Waals surface area contributed by atoms with Crippen LogP contribution in [0.25, 0.3) is 0 Å². The maximum atomic E-state index is 10.5. The molecule has 10 heavy (non-hydrogen) atoms. The van der Waals surface area contributed by atoms with Crippen LogP contribution in [0.15, 0.2) is 12.2 Å². The number of carbonyl (C=O) groups is 1. The third-order valence-corrected chi connectivity index (χ3v) is 0.997. The van der Waals surface area contributed by atoms with E-state index in [9.17, 15) is 4.79 Å². The van der Waals surface area contributed by atoms with Gasteiger partial charge in [0.05, 0.1) is 7.11 Å². The summed E-state index contributed by atoms with van der Waals surface area (Å²) in [4.78, 5) is 10.5. The molecule has 0 aromatic heterocycles. The molecule has 0 aromatic carbocycles. The summed E-state index contributed by atoms with van der Waals surface area (Å²) in [5, 5.41) is 8.89. The van der Waals surface area contributed by atoms with Gasteiger partial charge >= 0.3 is 5.97 Å². The maximum absolute atomic E-state index is 10.5. The zero-order valence-electron chi connectivity index (χ0n) is 6.20. The van der Waals surface area contributed by atoms with Crippen LogP contribution in [0.5, 0.6) is 0 Å². The molecule has 1 N–H and O–H groups in total. The van der Waals surface area contributed by atoms with Crippen molar-refractivity contribution in [3.8, 4) is 0 Å². The fraction of sp³-hybridized carbons (Fsp3) is 0.571. The van der Waals surface area contributed by atoms with Gasteiger partial charge in [-0.3, -0.25) is 0 Å². The first kappa shape index (κ1) is 9.17. The Morgan fingerprint density at radius 3 is 2.80 bits per heavy atom. The standard InChI is InChI=1S/C7H12O3/c1-3-4-5-6(8)7(9)10-2/h4-6,8H,3H2,1-2H3/b5-4+. The van der Waals surface area contributed by atoms with Crippen molar-refractivity contribution >= 4 is 5.97 Å². The van der Waals surface area contributed by atoms with Gasteiger partial charge in [0.15, 0.2) is 6.10 Å². The third kappa shape index (κ3) is 3.25. The minimum absolute atomic E-state index is 0.621. The second-order valence-corrected chi connectivity index (χ2v) is 1.80. The number of esters is 1. The van der Waals surface area contributed by atoms with E-state index in [1.807, 2.05) is 6.92 Å². The summed E-state index contributed by atoms with van der Waals surface area (Å²) in [6.07, 6.45) is 2.81. The predicted octanol–water partition coefficient (Wildman–Crippen LogP) is 0.486. The Balaban J connectivity index is 3.72. The van der Waals surface area contributed by atoms with Crippen LogP contribution in [0.4, 0.5) is 0 Å². The molecule has 0 radical (unpaired) electrons. The van der Waals surface area contributed by atoms with Crippen molar-refractivity contribution in [3.63, 3.8) is 0 Å². The molecule has 3 nitrogen and oxygen atoms in total. The van der Waals surface area contributed by atoms with Crippen molar-refractivity contribution in [1.82, 2.24) is 0 Å². The number of aliphatic hydroxyl groups is 1. The van der Waals surface area contributed by atoms with E-state index in [4.69, 9.17) is 5.11 Å². The minimum Gasteiger partial charge on any atom is -0.467 e. The van der Waals surface area contributed by atoms with Crippen LogP contribution < -0.4 is 0 Å². The van der Waals surface area contributed by atoms with E-state index in [1.54, 1.807) is 6.08 Å². The SMILES string of the molecule is CC/C=C/C(O)C(=O)OC. The lowest BCUT2D eigenvalue weighted by molar-refractivity contribution is -0.147. The molecule has 0 heterocycles. The van der Waals surface area contributed by atoms with E-state index >= 15 is 0 Å². The highest BCUT2D eigenvalue weighted by atomic mass is 16.5. The fourth-order valence-corrected chi connectivity index (χ4v) is 0.464. The molecule has 0 fully saturated rings. The average Bonchev–Trinajstić information content (AvgIpc) is 1.98. The highest BCUT2D eigenvalue weighted by Gasteiger charge is 2.09. The van der Waals surface area contributed by atoms with E-state index in [-0.39, 0.29) is 0 Å². The van der Waals surface area contributed by atoms with Gasteiger partial charge in [-0.1, -0.05) is 13.0 Å². The molecule has 1 unspecified atom stereocenters. The monoisotopic (exact) mass is 144 g/mol. The van der Waals surface area contributed by atoms with Crippen LogP contribution in [0.3, 0.4) is 0 Å². The number of rotatable bonds is 3. The molecule has 0 rings (SSSR count). The van der Waals surface area contributed by atoms with Crippen molar-refractivity contribution in [2.45, 2.75) is 19.4 Å². The fourth-order valence-electron chi connectivity index (χ4n) is 0.464. The molecule has 0 amide bonds. The molecule has 0 spiro atoms. The zero-order valence-corrected chi connectivity index (χ0v) is 6.20. The number of allylic oxidation sites excluding steroid dienone is 1. The molecule has 3 heteroatoms. The number of aliphatic hydroxyl groups excluding tert-OH is 1. The molecule has 0 saturated heterocycles. The van der Waals surface area contributed by atoms with Crippen LogP contribution in [-0.2, 0) is 9.53 Å². The van der Waals surface area contributed by atoms with Crippen molar-refractivity contribution in [1.29, 1.82) is 0 Å². The molecule has 0 saturated carbocycles. The molecule has 0 aliphatic carbocycles. The minimum atomic E-state index is -1.11. The first-order valence-electron chi connectivity index (χ1n) is 3.15. The van der Waals surface area contributed by atoms with Gasteiger partial charge in [-0.2, -0.15) is 0 Å². The smallest absolute Gasteiger partial charge is 0.338 e. The summed E-state index contributed by atoms with van der Waals surface area (Å²) in [6.45, 7) is 1.92. The van der Waals surface area contributed by atoms with Gasteiger partial charge in [0.25, 0.3) is 0 Å². The Labute approximate surface area is 60.3 Å². The summed E-state index contributed by atoms with van der Waals surface area (Å²) >= 11 is 0. The second-order valence-electron chi connectivity index (χ2n) is 1.80. The summed E-state index contributed by atoms with van der Waals surface area (Å²) in [5.74, 6) is -0.621. The molecular formula is C7H12O3. The second kappa shape index (κ2) is 4.99. The Kier molecular flexibility index (Phi) is 4.58. The van der Waals surface area contributed by atoms with Gasteiger partial charge in [0.1, 0.15) is 0 Å². The van der Waals surface area contributed by atoms with Crippen molar-refractivity contribution in [2.75, 3.05) is 7.11 Å². The van der Waals surface area contributed by atoms with Gasteiger partial charge in [-0.05, 0) is 12.5 Å². The van der Waals surface area contributed by atoms with E-state index in [1.165, 1.54) is 13.2 Å². The summed E-state index contributed by atoms with van der Waals surface area (Å²) in [6, 6.07) is 0. The van der Waals surface area contributed by atoms with Crippen LogP contribution >= 0.6 is 0 Å².